The van der Waals surface area contributed by atoms with Crippen molar-refractivity contribution in [3.8, 4) is 0 Å². The van der Waals surface area contributed by atoms with E-state index in [0.29, 0.717) is 16.2 Å². The SMILES string of the molecule is CC1=C(C)C(C)(C)C(C)(C)C1(C)C. The highest BCUT2D eigenvalue weighted by molar-refractivity contribution is 5.35. The lowest BCUT2D eigenvalue weighted by Gasteiger charge is -2.46. The highest BCUT2D eigenvalue weighted by atomic mass is 14.6. The Kier molecular flexibility index (Phi) is 2.00. The first-order valence-electron chi connectivity index (χ1n) is 5.25. The molecular weight excluding hydrogens is 156 g/mol. The number of hydrogen-bond acceptors (Lipinski definition) is 0. The van der Waals surface area contributed by atoms with Crippen molar-refractivity contribution in [1.82, 2.24) is 0 Å². The summed E-state index contributed by atoms with van der Waals surface area (Å²) in [5.41, 5.74) is 4.19. The van der Waals surface area contributed by atoms with Gasteiger partial charge in [0.05, 0.1) is 0 Å². The van der Waals surface area contributed by atoms with Crippen molar-refractivity contribution in [2.45, 2.75) is 55.4 Å². The van der Waals surface area contributed by atoms with Crippen molar-refractivity contribution >= 4 is 0 Å². The smallest absolute Gasteiger partial charge is 0.00853 e. The van der Waals surface area contributed by atoms with Gasteiger partial charge >= 0.3 is 0 Å². The second kappa shape index (κ2) is 2.40. The molecule has 0 aromatic rings. The molecule has 13 heavy (non-hydrogen) atoms. The molecule has 0 radical (unpaired) electrons. The highest BCUT2D eigenvalue weighted by Gasteiger charge is 2.55. The third kappa shape index (κ3) is 0.978. The molecule has 0 aromatic carbocycles. The van der Waals surface area contributed by atoms with Crippen LogP contribution in [0.4, 0.5) is 0 Å². The van der Waals surface area contributed by atoms with E-state index < -0.39 is 0 Å². The fourth-order valence-corrected chi connectivity index (χ4v) is 2.66. The molecule has 1 rings (SSSR count). The highest BCUT2D eigenvalue weighted by Crippen LogP contribution is 2.64. The zero-order chi connectivity index (χ0) is 10.7. The summed E-state index contributed by atoms with van der Waals surface area (Å²) in [6.45, 7) is 18.9. The molecule has 0 fully saturated rings. The van der Waals surface area contributed by atoms with E-state index in [0.717, 1.165) is 0 Å². The molecule has 1 aliphatic carbocycles. The number of rotatable bonds is 0. The lowest BCUT2D eigenvalue weighted by atomic mass is 9.58. The summed E-state index contributed by atoms with van der Waals surface area (Å²) in [5, 5.41) is 0. The van der Waals surface area contributed by atoms with Crippen molar-refractivity contribution < 1.29 is 0 Å². The molecule has 0 N–H and O–H groups in total. The molecule has 0 nitrogen and oxygen atoms in total. The Morgan fingerprint density at radius 3 is 0.923 bits per heavy atom. The molecule has 0 aliphatic heterocycles. The lowest BCUT2D eigenvalue weighted by molar-refractivity contribution is 0.0618. The van der Waals surface area contributed by atoms with E-state index in [-0.39, 0.29) is 0 Å². The molecule has 76 valence electrons. The molecule has 0 aromatic heterocycles. The molecule has 1 aliphatic rings. The average molecular weight is 180 g/mol. The molecule has 0 spiro atoms. The third-order valence-electron chi connectivity index (χ3n) is 5.56. The minimum atomic E-state index is 0.334. The minimum absolute atomic E-state index is 0.334. The van der Waals surface area contributed by atoms with Crippen LogP contribution in [-0.4, -0.2) is 0 Å². The summed E-state index contributed by atoms with van der Waals surface area (Å²) in [4.78, 5) is 0. The Bertz CT molecular complexity index is 236. The van der Waals surface area contributed by atoms with Gasteiger partial charge in [0.25, 0.3) is 0 Å². The van der Waals surface area contributed by atoms with Gasteiger partial charge in [0.15, 0.2) is 0 Å². The van der Waals surface area contributed by atoms with Gasteiger partial charge in [-0.25, -0.2) is 0 Å². The van der Waals surface area contributed by atoms with Gasteiger partial charge in [-0.3, -0.25) is 0 Å². The quantitative estimate of drug-likeness (QED) is 0.484. The zero-order valence-corrected chi connectivity index (χ0v) is 10.5. The number of allylic oxidation sites excluding steroid dienone is 2. The van der Waals surface area contributed by atoms with Crippen molar-refractivity contribution in [2.24, 2.45) is 16.2 Å². The van der Waals surface area contributed by atoms with Gasteiger partial charge in [-0.2, -0.15) is 0 Å². The minimum Gasteiger partial charge on any atom is -0.0676 e. The van der Waals surface area contributed by atoms with E-state index >= 15 is 0 Å². The van der Waals surface area contributed by atoms with Crippen molar-refractivity contribution in [2.75, 3.05) is 0 Å². The van der Waals surface area contributed by atoms with Crippen LogP contribution in [0.5, 0.6) is 0 Å². The third-order valence-corrected chi connectivity index (χ3v) is 5.56. The first kappa shape index (κ1) is 10.8. The largest absolute Gasteiger partial charge is 0.0676 e. The summed E-state index contributed by atoms with van der Waals surface area (Å²) >= 11 is 0. The van der Waals surface area contributed by atoms with Gasteiger partial charge in [-0.1, -0.05) is 52.7 Å². The summed E-state index contributed by atoms with van der Waals surface area (Å²) in [7, 11) is 0. The Morgan fingerprint density at radius 2 is 0.846 bits per heavy atom. The molecule has 0 saturated heterocycles. The first-order valence-corrected chi connectivity index (χ1v) is 5.25. The topological polar surface area (TPSA) is 0 Å². The van der Waals surface area contributed by atoms with Gasteiger partial charge in [0.2, 0.25) is 0 Å². The van der Waals surface area contributed by atoms with Crippen LogP contribution in [0.1, 0.15) is 55.4 Å². The van der Waals surface area contributed by atoms with Crippen LogP contribution >= 0.6 is 0 Å². The standard InChI is InChI=1S/C13H24/c1-9-10(2)12(5,6)13(7,8)11(9,3)4/h1-8H3. The van der Waals surface area contributed by atoms with Gasteiger partial charge in [-0.05, 0) is 30.1 Å². The molecule has 0 heteroatoms. The Morgan fingerprint density at radius 1 is 0.615 bits per heavy atom. The molecule has 0 amide bonds. The Hall–Kier alpha value is -0.260. The van der Waals surface area contributed by atoms with E-state index in [9.17, 15) is 0 Å². The van der Waals surface area contributed by atoms with E-state index in [1.54, 1.807) is 11.1 Å². The molecule has 0 unspecified atom stereocenters. The van der Waals surface area contributed by atoms with E-state index in [2.05, 4.69) is 55.4 Å². The molecule has 0 saturated carbocycles. The molecule has 0 bridgehead atoms. The monoisotopic (exact) mass is 180 g/mol. The Labute approximate surface area is 83.4 Å². The molecular formula is C13H24. The van der Waals surface area contributed by atoms with Gasteiger partial charge in [-0.15, -0.1) is 0 Å². The predicted octanol–water partition coefficient (Wildman–Crippen LogP) is 4.42. The lowest BCUT2D eigenvalue weighted by Crippen LogP contribution is -2.39. The average Bonchev–Trinajstić information content (AvgIpc) is 2.05. The summed E-state index contributed by atoms with van der Waals surface area (Å²) in [6, 6.07) is 0. The van der Waals surface area contributed by atoms with E-state index in [1.807, 2.05) is 0 Å². The first-order chi connectivity index (χ1) is 5.57. The van der Waals surface area contributed by atoms with Crippen LogP contribution in [0.15, 0.2) is 11.1 Å². The van der Waals surface area contributed by atoms with E-state index in [4.69, 9.17) is 0 Å². The maximum absolute atomic E-state index is 2.40. The van der Waals surface area contributed by atoms with Crippen molar-refractivity contribution in [3.05, 3.63) is 11.1 Å². The van der Waals surface area contributed by atoms with Gasteiger partial charge in [0.1, 0.15) is 0 Å². The molecule has 0 heterocycles. The van der Waals surface area contributed by atoms with Crippen LogP contribution < -0.4 is 0 Å². The summed E-state index contributed by atoms with van der Waals surface area (Å²) in [5.74, 6) is 0. The summed E-state index contributed by atoms with van der Waals surface area (Å²) in [6.07, 6.45) is 0. The second-order valence-electron chi connectivity index (χ2n) is 6.12. The van der Waals surface area contributed by atoms with Gasteiger partial charge < -0.3 is 0 Å². The summed E-state index contributed by atoms with van der Waals surface area (Å²) < 4.78 is 0. The van der Waals surface area contributed by atoms with Crippen LogP contribution in [0.3, 0.4) is 0 Å². The van der Waals surface area contributed by atoms with Crippen LogP contribution in [-0.2, 0) is 0 Å². The fourth-order valence-electron chi connectivity index (χ4n) is 2.66. The van der Waals surface area contributed by atoms with E-state index in [1.165, 1.54) is 0 Å². The maximum Gasteiger partial charge on any atom is -0.00853 e. The maximum atomic E-state index is 2.40. The van der Waals surface area contributed by atoms with Gasteiger partial charge in [0, 0.05) is 0 Å². The fraction of sp³-hybridized carbons (Fsp3) is 0.846. The van der Waals surface area contributed by atoms with Crippen molar-refractivity contribution in [3.63, 3.8) is 0 Å². The van der Waals surface area contributed by atoms with Crippen LogP contribution in [0.2, 0.25) is 0 Å². The number of hydrogen-bond donors (Lipinski definition) is 0. The normalized spacial score (nSPS) is 29.5. The van der Waals surface area contributed by atoms with Crippen LogP contribution in [0.25, 0.3) is 0 Å². The van der Waals surface area contributed by atoms with Crippen molar-refractivity contribution in [1.29, 1.82) is 0 Å². The second-order valence-corrected chi connectivity index (χ2v) is 6.12. The predicted molar refractivity (Wildman–Crippen MR) is 59.7 cm³/mol. The Balaban J connectivity index is 3.39. The molecule has 0 atom stereocenters. The van der Waals surface area contributed by atoms with Crippen LogP contribution in [0, 0.1) is 16.2 Å². The zero-order valence-electron chi connectivity index (χ0n) is 10.5.